The van der Waals surface area contributed by atoms with Gasteiger partial charge in [-0.3, -0.25) is 4.79 Å². The minimum absolute atomic E-state index is 0.133. The molecule has 1 aliphatic rings. The molecule has 3 N–H and O–H groups in total. The van der Waals surface area contributed by atoms with Crippen molar-refractivity contribution in [2.24, 2.45) is 5.92 Å². The lowest BCUT2D eigenvalue weighted by Crippen LogP contribution is -2.24. The van der Waals surface area contributed by atoms with Crippen molar-refractivity contribution in [1.29, 1.82) is 0 Å². The van der Waals surface area contributed by atoms with Crippen LogP contribution in [0.2, 0.25) is 0 Å². The second-order valence-corrected chi connectivity index (χ2v) is 7.74. The molecular formula is C24H27N5O. The molecule has 6 heteroatoms. The summed E-state index contributed by atoms with van der Waals surface area (Å²) >= 11 is 0. The van der Waals surface area contributed by atoms with Crippen LogP contribution in [0.25, 0.3) is 0 Å². The molecule has 1 aliphatic carbocycles. The third kappa shape index (κ3) is 5.35. The van der Waals surface area contributed by atoms with E-state index < -0.39 is 0 Å². The Labute approximate surface area is 177 Å². The molecule has 3 aromatic rings. The number of rotatable bonds is 6. The van der Waals surface area contributed by atoms with Gasteiger partial charge in [0.05, 0.1) is 0 Å². The fraction of sp³-hybridized carbons (Fsp3) is 0.292. The smallest absolute Gasteiger partial charge is 0.229 e. The van der Waals surface area contributed by atoms with Crippen LogP contribution in [-0.4, -0.2) is 15.9 Å². The predicted molar refractivity (Wildman–Crippen MR) is 121 cm³/mol. The molecule has 6 nitrogen and oxygen atoms in total. The van der Waals surface area contributed by atoms with Crippen LogP contribution in [0.3, 0.4) is 0 Å². The second-order valence-electron chi connectivity index (χ2n) is 7.74. The van der Waals surface area contributed by atoms with Crippen molar-refractivity contribution in [1.82, 2.24) is 9.97 Å². The van der Waals surface area contributed by atoms with E-state index in [2.05, 4.69) is 25.9 Å². The van der Waals surface area contributed by atoms with Gasteiger partial charge in [0.2, 0.25) is 11.9 Å². The van der Waals surface area contributed by atoms with Crippen LogP contribution in [0.4, 0.5) is 28.8 Å². The molecule has 1 fully saturated rings. The maximum absolute atomic E-state index is 12.4. The predicted octanol–water partition coefficient (Wildman–Crippen LogP) is 5.79. The third-order valence-corrected chi connectivity index (χ3v) is 5.28. The molecule has 0 unspecified atom stereocenters. The first-order valence-electron chi connectivity index (χ1n) is 10.5. The van der Waals surface area contributed by atoms with E-state index in [1.807, 2.05) is 67.6 Å². The van der Waals surface area contributed by atoms with E-state index in [-0.39, 0.29) is 11.8 Å². The van der Waals surface area contributed by atoms with Gasteiger partial charge in [0, 0.05) is 34.7 Å². The van der Waals surface area contributed by atoms with Crippen LogP contribution in [-0.2, 0) is 4.79 Å². The first-order valence-corrected chi connectivity index (χ1v) is 10.5. The lowest BCUT2D eigenvalue weighted by Gasteiger charge is -2.20. The van der Waals surface area contributed by atoms with E-state index in [1.54, 1.807) is 0 Å². The fourth-order valence-corrected chi connectivity index (χ4v) is 3.73. The summed E-state index contributed by atoms with van der Waals surface area (Å²) in [5.74, 6) is 1.53. The molecular weight excluding hydrogens is 374 g/mol. The molecule has 0 radical (unpaired) electrons. The van der Waals surface area contributed by atoms with Gasteiger partial charge < -0.3 is 16.0 Å². The fourth-order valence-electron chi connectivity index (χ4n) is 3.73. The summed E-state index contributed by atoms with van der Waals surface area (Å²) in [6, 6.07) is 19.5. The Morgan fingerprint density at radius 3 is 2.23 bits per heavy atom. The van der Waals surface area contributed by atoms with Crippen molar-refractivity contribution in [3.8, 4) is 0 Å². The van der Waals surface area contributed by atoms with Crippen LogP contribution in [0.15, 0.2) is 60.7 Å². The van der Waals surface area contributed by atoms with Crippen LogP contribution < -0.4 is 16.0 Å². The molecule has 4 rings (SSSR count). The number of hydrogen-bond acceptors (Lipinski definition) is 5. The number of carbonyl (C=O) groups is 1. The van der Waals surface area contributed by atoms with E-state index in [0.29, 0.717) is 5.95 Å². The second kappa shape index (κ2) is 9.39. The molecule has 0 atom stereocenters. The number of amides is 1. The normalized spacial score (nSPS) is 14.2. The molecule has 154 valence electrons. The largest absolute Gasteiger partial charge is 0.340 e. The summed E-state index contributed by atoms with van der Waals surface area (Å²) in [6.45, 7) is 1.94. The van der Waals surface area contributed by atoms with Crippen LogP contribution in [0.5, 0.6) is 0 Å². The van der Waals surface area contributed by atoms with Gasteiger partial charge in [0.25, 0.3) is 0 Å². The van der Waals surface area contributed by atoms with Gasteiger partial charge in [-0.25, -0.2) is 4.98 Å². The summed E-state index contributed by atoms with van der Waals surface area (Å²) in [5.41, 5.74) is 3.51. The average Bonchev–Trinajstić information content (AvgIpc) is 2.76. The minimum atomic E-state index is 0.133. The number of benzene rings is 2. The van der Waals surface area contributed by atoms with Crippen molar-refractivity contribution in [2.45, 2.75) is 39.0 Å². The van der Waals surface area contributed by atoms with Gasteiger partial charge in [0.15, 0.2) is 0 Å². The molecule has 1 saturated carbocycles. The van der Waals surface area contributed by atoms with Crippen molar-refractivity contribution in [3.63, 3.8) is 0 Å². The van der Waals surface area contributed by atoms with Gasteiger partial charge >= 0.3 is 0 Å². The quantitative estimate of drug-likeness (QED) is 0.487. The Morgan fingerprint density at radius 1 is 0.833 bits per heavy atom. The Hall–Kier alpha value is -3.41. The van der Waals surface area contributed by atoms with Crippen molar-refractivity contribution >= 4 is 34.7 Å². The lowest BCUT2D eigenvalue weighted by atomic mass is 9.88. The number of aryl methyl sites for hydroxylation is 1. The molecule has 1 heterocycles. The highest BCUT2D eigenvalue weighted by molar-refractivity contribution is 5.92. The zero-order valence-corrected chi connectivity index (χ0v) is 17.2. The molecule has 0 aliphatic heterocycles. The number of carbonyl (C=O) groups excluding carboxylic acids is 1. The summed E-state index contributed by atoms with van der Waals surface area (Å²) in [4.78, 5) is 21.4. The highest BCUT2D eigenvalue weighted by Crippen LogP contribution is 2.25. The molecule has 2 aromatic carbocycles. The topological polar surface area (TPSA) is 78.9 Å². The van der Waals surface area contributed by atoms with E-state index in [1.165, 1.54) is 6.42 Å². The Bertz CT molecular complexity index is 982. The molecule has 1 amide bonds. The molecule has 1 aromatic heterocycles. The standard InChI is InChI=1S/C24H27N5O/c1-17-16-22(26-19-10-6-3-7-11-19)29-24(25-17)28-21-14-12-20(13-15-21)27-23(30)18-8-4-2-5-9-18/h3,6-7,10-16,18H,2,4-5,8-9H2,1H3,(H,27,30)(H2,25,26,28,29). The molecule has 0 saturated heterocycles. The number of aromatic nitrogens is 2. The van der Waals surface area contributed by atoms with Gasteiger partial charge in [-0.2, -0.15) is 4.98 Å². The van der Waals surface area contributed by atoms with Gasteiger partial charge in [0.1, 0.15) is 5.82 Å². The number of anilines is 5. The first kappa shape index (κ1) is 19.9. The summed E-state index contributed by atoms with van der Waals surface area (Å²) in [5, 5.41) is 9.57. The minimum Gasteiger partial charge on any atom is -0.340 e. The summed E-state index contributed by atoms with van der Waals surface area (Å²) < 4.78 is 0. The maximum Gasteiger partial charge on any atom is 0.229 e. The van der Waals surface area contributed by atoms with Crippen molar-refractivity contribution in [2.75, 3.05) is 16.0 Å². The Morgan fingerprint density at radius 2 is 1.50 bits per heavy atom. The monoisotopic (exact) mass is 401 g/mol. The van der Waals surface area contributed by atoms with E-state index in [9.17, 15) is 4.79 Å². The SMILES string of the molecule is Cc1cc(Nc2ccccc2)nc(Nc2ccc(NC(=O)C3CCCCC3)cc2)n1. The molecule has 0 bridgehead atoms. The highest BCUT2D eigenvalue weighted by Gasteiger charge is 2.20. The van der Waals surface area contributed by atoms with Crippen molar-refractivity contribution in [3.05, 3.63) is 66.4 Å². The van der Waals surface area contributed by atoms with E-state index in [0.717, 1.165) is 54.3 Å². The number of para-hydroxylation sites is 1. The molecule has 0 spiro atoms. The zero-order chi connectivity index (χ0) is 20.8. The lowest BCUT2D eigenvalue weighted by molar-refractivity contribution is -0.120. The number of nitrogens with one attached hydrogen (secondary N) is 3. The summed E-state index contributed by atoms with van der Waals surface area (Å²) in [7, 11) is 0. The van der Waals surface area contributed by atoms with E-state index in [4.69, 9.17) is 0 Å². The number of nitrogens with zero attached hydrogens (tertiary/aromatic N) is 2. The number of hydrogen-bond donors (Lipinski definition) is 3. The van der Waals surface area contributed by atoms with Crippen LogP contribution in [0.1, 0.15) is 37.8 Å². The van der Waals surface area contributed by atoms with Crippen LogP contribution in [0, 0.1) is 12.8 Å². The van der Waals surface area contributed by atoms with Gasteiger partial charge in [-0.1, -0.05) is 37.5 Å². The van der Waals surface area contributed by atoms with Crippen molar-refractivity contribution < 1.29 is 4.79 Å². The van der Waals surface area contributed by atoms with Gasteiger partial charge in [-0.05, 0) is 56.2 Å². The third-order valence-electron chi connectivity index (χ3n) is 5.28. The highest BCUT2D eigenvalue weighted by atomic mass is 16.1. The average molecular weight is 402 g/mol. The Kier molecular flexibility index (Phi) is 6.23. The molecule has 30 heavy (non-hydrogen) atoms. The van der Waals surface area contributed by atoms with Gasteiger partial charge in [-0.15, -0.1) is 0 Å². The first-order chi connectivity index (χ1) is 14.7. The maximum atomic E-state index is 12.4. The summed E-state index contributed by atoms with van der Waals surface area (Å²) in [6.07, 6.45) is 5.54. The Balaban J connectivity index is 1.40. The zero-order valence-electron chi connectivity index (χ0n) is 17.2. The van der Waals surface area contributed by atoms with E-state index >= 15 is 0 Å². The van der Waals surface area contributed by atoms with Crippen LogP contribution >= 0.6 is 0 Å².